The molecule has 1 amide bonds. The molecular weight excluding hydrogens is 376 g/mol. The summed E-state index contributed by atoms with van der Waals surface area (Å²) >= 11 is 7.46. The normalized spacial score (nSPS) is 13.3. The van der Waals surface area contributed by atoms with Gasteiger partial charge in [-0.2, -0.15) is 0 Å². The number of hydrogen-bond donors (Lipinski definition) is 1. The fraction of sp³-hybridized carbons (Fsp3) is 0.227. The van der Waals surface area contributed by atoms with Gasteiger partial charge < -0.3 is 10.2 Å². The van der Waals surface area contributed by atoms with Gasteiger partial charge in [-0.25, -0.2) is 0 Å². The first-order valence-electron chi connectivity index (χ1n) is 9.18. The lowest BCUT2D eigenvalue weighted by Gasteiger charge is -2.30. The van der Waals surface area contributed by atoms with Gasteiger partial charge in [-0.1, -0.05) is 41.9 Å². The number of nitrogens with zero attached hydrogens (tertiary/aromatic N) is 1. The maximum Gasteiger partial charge on any atom is 0.261 e. The van der Waals surface area contributed by atoms with E-state index in [4.69, 9.17) is 11.6 Å². The summed E-state index contributed by atoms with van der Waals surface area (Å²) < 4.78 is 0. The maximum absolute atomic E-state index is 12.5. The molecule has 27 heavy (non-hydrogen) atoms. The van der Waals surface area contributed by atoms with Crippen LogP contribution in [-0.4, -0.2) is 19.0 Å². The Labute approximate surface area is 168 Å². The maximum atomic E-state index is 12.5. The third kappa shape index (κ3) is 4.18. The van der Waals surface area contributed by atoms with Crippen LogP contribution in [0.15, 0.2) is 60.7 Å². The number of nitrogens with one attached hydrogen (secondary N) is 1. The second-order valence-corrected chi connectivity index (χ2v) is 8.15. The number of aryl methyl sites for hydroxylation is 1. The zero-order valence-corrected chi connectivity index (χ0v) is 16.5. The van der Waals surface area contributed by atoms with Crippen molar-refractivity contribution in [3.63, 3.8) is 0 Å². The van der Waals surface area contributed by atoms with Gasteiger partial charge in [-0.3, -0.25) is 4.79 Å². The SMILES string of the molecule is O=C(NCCc1ccc(Cl)cc1)c1ccc(N2CCCc3ccccc32)s1. The summed E-state index contributed by atoms with van der Waals surface area (Å²) in [5.41, 5.74) is 3.81. The van der Waals surface area contributed by atoms with Gasteiger partial charge in [-0.15, -0.1) is 11.3 Å². The van der Waals surface area contributed by atoms with Crippen molar-refractivity contribution in [1.29, 1.82) is 0 Å². The van der Waals surface area contributed by atoms with E-state index in [2.05, 4.69) is 40.5 Å². The van der Waals surface area contributed by atoms with Crippen LogP contribution in [0.25, 0.3) is 0 Å². The van der Waals surface area contributed by atoms with Gasteiger partial charge in [0.25, 0.3) is 5.91 Å². The number of carbonyl (C=O) groups excluding carboxylic acids is 1. The first kappa shape index (κ1) is 18.1. The Morgan fingerprint density at radius 1 is 1.07 bits per heavy atom. The number of benzene rings is 2. The Hall–Kier alpha value is -2.30. The molecule has 3 aromatic rings. The zero-order valence-electron chi connectivity index (χ0n) is 15.0. The minimum absolute atomic E-state index is 0.00879. The van der Waals surface area contributed by atoms with E-state index >= 15 is 0 Å². The van der Waals surface area contributed by atoms with E-state index in [1.54, 1.807) is 11.3 Å². The third-order valence-electron chi connectivity index (χ3n) is 4.80. The minimum atomic E-state index is -0.00879. The van der Waals surface area contributed by atoms with Crippen molar-refractivity contribution in [2.24, 2.45) is 0 Å². The van der Waals surface area contributed by atoms with Crippen molar-refractivity contribution in [1.82, 2.24) is 5.32 Å². The van der Waals surface area contributed by atoms with Crippen molar-refractivity contribution < 1.29 is 4.79 Å². The molecule has 0 saturated carbocycles. The number of anilines is 2. The highest BCUT2D eigenvalue weighted by Crippen LogP contribution is 2.37. The van der Waals surface area contributed by atoms with Crippen LogP contribution in [0.3, 0.4) is 0 Å². The summed E-state index contributed by atoms with van der Waals surface area (Å²) in [4.78, 5) is 15.6. The second-order valence-electron chi connectivity index (χ2n) is 6.65. The van der Waals surface area contributed by atoms with Crippen molar-refractivity contribution in [3.05, 3.63) is 81.7 Å². The van der Waals surface area contributed by atoms with E-state index in [0.717, 1.165) is 46.3 Å². The topological polar surface area (TPSA) is 32.3 Å². The predicted molar refractivity (Wildman–Crippen MR) is 114 cm³/mol. The molecule has 5 heteroatoms. The fourth-order valence-corrected chi connectivity index (χ4v) is 4.50. The molecule has 1 N–H and O–H groups in total. The second kappa shape index (κ2) is 8.15. The van der Waals surface area contributed by atoms with Gasteiger partial charge in [0.2, 0.25) is 0 Å². The smallest absolute Gasteiger partial charge is 0.261 e. The van der Waals surface area contributed by atoms with Crippen LogP contribution in [0.1, 0.15) is 27.2 Å². The van der Waals surface area contributed by atoms with E-state index < -0.39 is 0 Å². The molecule has 4 rings (SSSR count). The van der Waals surface area contributed by atoms with Crippen LogP contribution in [0, 0.1) is 0 Å². The molecule has 138 valence electrons. The van der Waals surface area contributed by atoms with Crippen LogP contribution in [0.2, 0.25) is 5.02 Å². The average Bonchev–Trinajstić information content (AvgIpc) is 3.19. The number of carbonyl (C=O) groups is 1. The van der Waals surface area contributed by atoms with Gasteiger partial charge in [-0.05, 0) is 60.7 Å². The lowest BCUT2D eigenvalue weighted by molar-refractivity contribution is 0.0958. The molecule has 0 bridgehead atoms. The summed E-state index contributed by atoms with van der Waals surface area (Å²) in [5, 5.41) is 4.88. The number of para-hydroxylation sites is 1. The molecular formula is C22H21ClN2OS. The number of rotatable bonds is 5. The van der Waals surface area contributed by atoms with Crippen LogP contribution in [0.4, 0.5) is 10.7 Å². The highest BCUT2D eigenvalue weighted by atomic mass is 35.5. The molecule has 2 heterocycles. The standard InChI is InChI=1S/C22H21ClN2OS/c23-18-9-7-16(8-10-18)13-14-24-22(26)20-11-12-21(27-20)25-15-3-5-17-4-1-2-6-19(17)25/h1-2,4,6-12H,3,5,13-15H2,(H,24,26). The summed E-state index contributed by atoms with van der Waals surface area (Å²) in [5.74, 6) is -0.00879. The molecule has 0 radical (unpaired) electrons. The van der Waals surface area contributed by atoms with Crippen LogP contribution in [-0.2, 0) is 12.8 Å². The Morgan fingerprint density at radius 2 is 1.89 bits per heavy atom. The zero-order chi connectivity index (χ0) is 18.6. The largest absolute Gasteiger partial charge is 0.351 e. The molecule has 0 aliphatic carbocycles. The highest BCUT2D eigenvalue weighted by Gasteiger charge is 2.20. The number of thiophene rings is 1. The van der Waals surface area contributed by atoms with Crippen LogP contribution >= 0.6 is 22.9 Å². The lowest BCUT2D eigenvalue weighted by atomic mass is 10.0. The monoisotopic (exact) mass is 396 g/mol. The molecule has 0 unspecified atom stereocenters. The molecule has 3 nitrogen and oxygen atoms in total. The van der Waals surface area contributed by atoms with Crippen LogP contribution in [0.5, 0.6) is 0 Å². The first-order valence-corrected chi connectivity index (χ1v) is 10.4. The van der Waals surface area contributed by atoms with E-state index in [-0.39, 0.29) is 5.91 Å². The number of hydrogen-bond acceptors (Lipinski definition) is 3. The van der Waals surface area contributed by atoms with E-state index in [9.17, 15) is 4.79 Å². The molecule has 0 spiro atoms. The molecule has 0 atom stereocenters. The molecule has 2 aromatic carbocycles. The summed E-state index contributed by atoms with van der Waals surface area (Å²) in [6.07, 6.45) is 3.05. The fourth-order valence-electron chi connectivity index (χ4n) is 3.42. The first-order chi connectivity index (χ1) is 13.2. The van der Waals surface area contributed by atoms with E-state index in [0.29, 0.717) is 6.54 Å². The van der Waals surface area contributed by atoms with Gasteiger partial charge in [0, 0.05) is 23.8 Å². The van der Waals surface area contributed by atoms with Gasteiger partial charge >= 0.3 is 0 Å². The Kier molecular flexibility index (Phi) is 5.46. The summed E-state index contributed by atoms with van der Waals surface area (Å²) in [6.45, 7) is 1.61. The Morgan fingerprint density at radius 3 is 2.74 bits per heavy atom. The number of halogens is 1. The summed E-state index contributed by atoms with van der Waals surface area (Å²) in [7, 11) is 0. The quantitative estimate of drug-likeness (QED) is 0.621. The van der Waals surface area contributed by atoms with Crippen molar-refractivity contribution >= 4 is 39.5 Å². The number of fused-ring (bicyclic) bond motifs is 1. The molecule has 1 aromatic heterocycles. The Balaban J connectivity index is 1.39. The van der Waals surface area contributed by atoms with Crippen molar-refractivity contribution in [2.75, 3.05) is 18.0 Å². The molecule has 0 fully saturated rings. The van der Waals surface area contributed by atoms with Gasteiger partial charge in [0.05, 0.1) is 9.88 Å². The van der Waals surface area contributed by atoms with Crippen LogP contribution < -0.4 is 10.2 Å². The summed E-state index contributed by atoms with van der Waals surface area (Å²) in [6, 6.07) is 20.2. The van der Waals surface area contributed by atoms with Crippen molar-refractivity contribution in [3.8, 4) is 0 Å². The van der Waals surface area contributed by atoms with Gasteiger partial charge in [0.15, 0.2) is 0 Å². The lowest BCUT2D eigenvalue weighted by Crippen LogP contribution is -2.25. The van der Waals surface area contributed by atoms with Crippen molar-refractivity contribution in [2.45, 2.75) is 19.3 Å². The molecule has 0 saturated heterocycles. The van der Waals surface area contributed by atoms with E-state index in [1.165, 1.54) is 11.3 Å². The minimum Gasteiger partial charge on any atom is -0.351 e. The molecule has 1 aliphatic rings. The Bertz CT molecular complexity index is 935. The van der Waals surface area contributed by atoms with E-state index in [1.807, 2.05) is 30.3 Å². The third-order valence-corrected chi connectivity index (χ3v) is 6.16. The van der Waals surface area contributed by atoms with Gasteiger partial charge in [0.1, 0.15) is 0 Å². The average molecular weight is 397 g/mol. The highest BCUT2D eigenvalue weighted by molar-refractivity contribution is 7.18. The predicted octanol–water partition coefficient (Wildman–Crippen LogP) is 5.46. The number of amides is 1. The molecule has 1 aliphatic heterocycles.